The van der Waals surface area contributed by atoms with Crippen molar-refractivity contribution < 1.29 is 23.9 Å². The van der Waals surface area contributed by atoms with Crippen LogP contribution in [0.25, 0.3) is 11.1 Å². The molecule has 0 unspecified atom stereocenters. The Kier molecular flexibility index (Phi) is 7.37. The summed E-state index contributed by atoms with van der Waals surface area (Å²) in [5, 5.41) is 4.98. The molecule has 2 aromatic rings. The van der Waals surface area contributed by atoms with Crippen molar-refractivity contribution in [3.8, 4) is 11.1 Å². The van der Waals surface area contributed by atoms with Gasteiger partial charge >= 0.3 is 18.0 Å². The number of hydrogen-bond donors (Lipinski definition) is 2. The van der Waals surface area contributed by atoms with E-state index >= 15 is 0 Å². The van der Waals surface area contributed by atoms with Crippen LogP contribution in [-0.2, 0) is 19.1 Å². The maximum atomic E-state index is 12.4. The average Bonchev–Trinajstić information content (AvgIpc) is 2.67. The standard InChI is InChI=1S/C20H22N2O5/c1-3-26-18(23)17(19(24)27-4-2)22-20(25)21-16-13-9-8-12-15(16)14-10-6-5-7-11-14/h5-13,17H,3-4H2,1-2H3,(H2,21,22,25). The van der Waals surface area contributed by atoms with Crippen molar-refractivity contribution in [2.24, 2.45) is 0 Å². The second-order valence-corrected chi connectivity index (χ2v) is 5.45. The molecule has 142 valence electrons. The van der Waals surface area contributed by atoms with Crippen molar-refractivity contribution in [1.82, 2.24) is 5.32 Å². The fraction of sp³-hybridized carbons (Fsp3) is 0.250. The van der Waals surface area contributed by atoms with E-state index < -0.39 is 24.0 Å². The second-order valence-electron chi connectivity index (χ2n) is 5.45. The molecule has 0 heterocycles. The molecule has 0 bridgehead atoms. The highest BCUT2D eigenvalue weighted by Crippen LogP contribution is 2.27. The lowest BCUT2D eigenvalue weighted by Crippen LogP contribution is -2.49. The van der Waals surface area contributed by atoms with Gasteiger partial charge in [-0.15, -0.1) is 0 Å². The summed E-state index contributed by atoms with van der Waals surface area (Å²) in [6.07, 6.45) is 0. The summed E-state index contributed by atoms with van der Waals surface area (Å²) in [5.74, 6) is -1.75. The summed E-state index contributed by atoms with van der Waals surface area (Å²) in [7, 11) is 0. The molecule has 7 nitrogen and oxygen atoms in total. The average molecular weight is 370 g/mol. The van der Waals surface area contributed by atoms with Crippen LogP contribution in [0.2, 0.25) is 0 Å². The van der Waals surface area contributed by atoms with E-state index in [9.17, 15) is 14.4 Å². The number of urea groups is 1. The van der Waals surface area contributed by atoms with E-state index in [0.29, 0.717) is 5.69 Å². The predicted octanol–water partition coefficient (Wildman–Crippen LogP) is 2.97. The molecule has 0 saturated heterocycles. The molecule has 2 aromatic carbocycles. The smallest absolute Gasteiger partial charge is 0.340 e. The summed E-state index contributed by atoms with van der Waals surface area (Å²) in [6.45, 7) is 3.37. The second kappa shape index (κ2) is 9.96. The van der Waals surface area contributed by atoms with Gasteiger partial charge < -0.3 is 20.1 Å². The van der Waals surface area contributed by atoms with Gasteiger partial charge in [-0.3, -0.25) is 0 Å². The number of ether oxygens (including phenoxy) is 2. The number of carbonyl (C=O) groups excluding carboxylic acids is 3. The Bertz CT molecular complexity index is 774. The largest absolute Gasteiger partial charge is 0.464 e. The Balaban J connectivity index is 2.16. The number of para-hydroxylation sites is 1. The van der Waals surface area contributed by atoms with Gasteiger partial charge in [-0.1, -0.05) is 48.5 Å². The Morgan fingerprint density at radius 2 is 1.41 bits per heavy atom. The molecule has 7 heteroatoms. The van der Waals surface area contributed by atoms with Crippen molar-refractivity contribution in [1.29, 1.82) is 0 Å². The molecular formula is C20H22N2O5. The van der Waals surface area contributed by atoms with Gasteiger partial charge in [0.05, 0.1) is 18.9 Å². The minimum Gasteiger partial charge on any atom is -0.464 e. The van der Waals surface area contributed by atoms with Crippen LogP contribution in [0.4, 0.5) is 10.5 Å². The number of nitrogens with one attached hydrogen (secondary N) is 2. The third-order valence-corrected chi connectivity index (χ3v) is 3.58. The Morgan fingerprint density at radius 3 is 2.00 bits per heavy atom. The monoisotopic (exact) mass is 370 g/mol. The number of carbonyl (C=O) groups is 3. The lowest BCUT2D eigenvalue weighted by atomic mass is 10.0. The SMILES string of the molecule is CCOC(=O)C(NC(=O)Nc1ccccc1-c1ccccc1)C(=O)OCC. The van der Waals surface area contributed by atoms with Gasteiger partial charge in [0.1, 0.15) is 0 Å². The van der Waals surface area contributed by atoms with E-state index in [1.807, 2.05) is 42.5 Å². The van der Waals surface area contributed by atoms with Crippen LogP contribution >= 0.6 is 0 Å². The highest BCUT2D eigenvalue weighted by molar-refractivity contribution is 6.04. The molecule has 27 heavy (non-hydrogen) atoms. The molecule has 0 aromatic heterocycles. The van der Waals surface area contributed by atoms with Crippen molar-refractivity contribution >= 4 is 23.7 Å². The molecule has 0 aliphatic heterocycles. The third-order valence-electron chi connectivity index (χ3n) is 3.58. The summed E-state index contributed by atoms with van der Waals surface area (Å²) in [6, 6.07) is 14.5. The molecule has 0 fully saturated rings. The minimum absolute atomic E-state index is 0.0783. The zero-order valence-corrected chi connectivity index (χ0v) is 15.2. The van der Waals surface area contributed by atoms with E-state index in [-0.39, 0.29) is 13.2 Å². The van der Waals surface area contributed by atoms with Crippen LogP contribution in [0.3, 0.4) is 0 Å². The van der Waals surface area contributed by atoms with E-state index in [4.69, 9.17) is 9.47 Å². The van der Waals surface area contributed by atoms with Gasteiger partial charge in [0.15, 0.2) is 0 Å². The number of amides is 2. The van der Waals surface area contributed by atoms with Crippen LogP contribution in [0, 0.1) is 0 Å². The number of hydrogen-bond acceptors (Lipinski definition) is 5. The normalized spacial score (nSPS) is 10.2. The maximum absolute atomic E-state index is 12.4. The molecule has 2 rings (SSSR count). The molecule has 2 N–H and O–H groups in total. The molecule has 0 saturated carbocycles. The third kappa shape index (κ3) is 5.57. The van der Waals surface area contributed by atoms with Crippen LogP contribution in [0.1, 0.15) is 13.8 Å². The number of esters is 2. The van der Waals surface area contributed by atoms with Crippen LogP contribution in [0.15, 0.2) is 54.6 Å². The summed E-state index contributed by atoms with van der Waals surface area (Å²) in [5.41, 5.74) is 2.26. The molecular weight excluding hydrogens is 348 g/mol. The molecule has 0 radical (unpaired) electrons. The molecule has 0 aliphatic rings. The highest BCUT2D eigenvalue weighted by Gasteiger charge is 2.31. The lowest BCUT2D eigenvalue weighted by molar-refractivity contribution is -0.157. The Labute approximate surface area is 157 Å². The first-order valence-corrected chi connectivity index (χ1v) is 8.62. The molecule has 0 spiro atoms. The zero-order chi connectivity index (χ0) is 19.6. The minimum atomic E-state index is -1.53. The predicted molar refractivity (Wildman–Crippen MR) is 101 cm³/mol. The van der Waals surface area contributed by atoms with Crippen molar-refractivity contribution in [3.63, 3.8) is 0 Å². The molecule has 0 atom stereocenters. The quantitative estimate of drug-likeness (QED) is 0.577. The van der Waals surface area contributed by atoms with Crippen LogP contribution < -0.4 is 10.6 Å². The fourth-order valence-corrected chi connectivity index (χ4v) is 2.42. The fourth-order valence-electron chi connectivity index (χ4n) is 2.42. The summed E-state index contributed by atoms with van der Waals surface area (Å²) < 4.78 is 9.67. The summed E-state index contributed by atoms with van der Waals surface area (Å²) in [4.78, 5) is 36.3. The van der Waals surface area contributed by atoms with Crippen molar-refractivity contribution in [2.75, 3.05) is 18.5 Å². The molecule has 2 amide bonds. The van der Waals surface area contributed by atoms with Gasteiger partial charge in [0.2, 0.25) is 6.04 Å². The first kappa shape index (κ1) is 20.0. The van der Waals surface area contributed by atoms with Crippen molar-refractivity contribution in [3.05, 3.63) is 54.6 Å². The first-order chi connectivity index (χ1) is 13.1. The topological polar surface area (TPSA) is 93.7 Å². The van der Waals surface area contributed by atoms with Gasteiger partial charge in [-0.2, -0.15) is 0 Å². The highest BCUT2D eigenvalue weighted by atomic mass is 16.6. The van der Waals surface area contributed by atoms with Gasteiger partial charge in [0.25, 0.3) is 0 Å². The van der Waals surface area contributed by atoms with E-state index in [0.717, 1.165) is 11.1 Å². The number of benzene rings is 2. The van der Waals surface area contributed by atoms with E-state index in [2.05, 4.69) is 10.6 Å². The van der Waals surface area contributed by atoms with E-state index in [1.54, 1.807) is 26.0 Å². The van der Waals surface area contributed by atoms with Crippen LogP contribution in [-0.4, -0.2) is 37.2 Å². The first-order valence-electron chi connectivity index (χ1n) is 8.62. The van der Waals surface area contributed by atoms with Crippen molar-refractivity contribution in [2.45, 2.75) is 19.9 Å². The lowest BCUT2D eigenvalue weighted by Gasteiger charge is -2.17. The van der Waals surface area contributed by atoms with Gasteiger partial charge in [0, 0.05) is 5.56 Å². The Hall–Kier alpha value is -3.35. The zero-order valence-electron chi connectivity index (χ0n) is 15.2. The van der Waals surface area contributed by atoms with E-state index in [1.165, 1.54) is 0 Å². The maximum Gasteiger partial charge on any atom is 0.340 e. The number of rotatable bonds is 7. The number of anilines is 1. The molecule has 0 aliphatic carbocycles. The summed E-state index contributed by atoms with van der Waals surface area (Å²) >= 11 is 0. The van der Waals surface area contributed by atoms with Crippen LogP contribution in [0.5, 0.6) is 0 Å². The Morgan fingerprint density at radius 1 is 0.852 bits per heavy atom. The van der Waals surface area contributed by atoms with Gasteiger partial charge in [-0.25, -0.2) is 14.4 Å². The van der Waals surface area contributed by atoms with Gasteiger partial charge in [-0.05, 0) is 25.5 Å².